The second kappa shape index (κ2) is 22.1. The molecular formula is C44H48O11. The normalized spacial score (nSPS) is 19.2. The first-order valence-corrected chi connectivity index (χ1v) is 18.8. The van der Waals surface area contributed by atoms with Gasteiger partial charge in [-0.3, -0.25) is 0 Å². The monoisotopic (exact) mass is 752 g/mol. The Morgan fingerprint density at radius 2 is 0.855 bits per heavy atom. The molecule has 1 N–H and O–H groups in total. The second-order valence-electron chi connectivity index (χ2n) is 13.1. The molecule has 5 atom stereocenters. The molecule has 0 unspecified atom stereocenters. The highest BCUT2D eigenvalue weighted by atomic mass is 16.7. The van der Waals surface area contributed by atoms with Crippen molar-refractivity contribution in [2.75, 3.05) is 19.8 Å². The van der Waals surface area contributed by atoms with E-state index in [1.54, 1.807) is 121 Å². The highest BCUT2D eigenvalue weighted by Gasteiger charge is 2.53. The Bertz CT molecular complexity index is 1750. The molecule has 0 amide bonds. The summed E-state index contributed by atoms with van der Waals surface area (Å²) in [4.78, 5) is 54.1. The van der Waals surface area contributed by atoms with E-state index in [1.165, 1.54) is 0 Å². The van der Waals surface area contributed by atoms with E-state index >= 15 is 0 Å². The van der Waals surface area contributed by atoms with Gasteiger partial charge in [0.2, 0.25) is 0 Å². The van der Waals surface area contributed by atoms with Crippen molar-refractivity contribution in [2.45, 2.75) is 82.1 Å². The number of ether oxygens (including phenoxy) is 6. The zero-order chi connectivity index (χ0) is 38.7. The van der Waals surface area contributed by atoms with Crippen LogP contribution in [0.1, 0.15) is 92.8 Å². The molecule has 0 saturated carbocycles. The Hall–Kier alpha value is -5.36. The summed E-state index contributed by atoms with van der Waals surface area (Å²) in [6.07, 6.45) is 0.658. The van der Waals surface area contributed by atoms with Crippen LogP contribution < -0.4 is 0 Å². The molecule has 1 aliphatic rings. The summed E-state index contributed by atoms with van der Waals surface area (Å²) in [5, 5.41) is 9.01. The number of rotatable bonds is 20. The Morgan fingerprint density at radius 1 is 0.473 bits per heavy atom. The molecule has 0 aliphatic carbocycles. The van der Waals surface area contributed by atoms with Crippen LogP contribution >= 0.6 is 0 Å². The first-order valence-electron chi connectivity index (χ1n) is 18.8. The smallest absolute Gasteiger partial charge is 0.338 e. The van der Waals surface area contributed by atoms with Crippen molar-refractivity contribution in [1.82, 2.24) is 0 Å². The van der Waals surface area contributed by atoms with Crippen molar-refractivity contribution in [3.8, 4) is 0 Å². The molecule has 1 fully saturated rings. The van der Waals surface area contributed by atoms with Crippen molar-refractivity contribution in [2.24, 2.45) is 0 Å². The molecule has 4 aromatic rings. The molecule has 1 saturated heterocycles. The summed E-state index contributed by atoms with van der Waals surface area (Å²) in [6, 6.07) is 33.1. The van der Waals surface area contributed by atoms with Gasteiger partial charge in [-0.15, -0.1) is 0 Å². The van der Waals surface area contributed by atoms with Gasteiger partial charge in [-0.25, -0.2) is 19.2 Å². The van der Waals surface area contributed by atoms with E-state index in [1.807, 2.05) is 0 Å². The molecule has 1 heterocycles. The van der Waals surface area contributed by atoms with E-state index in [9.17, 15) is 19.2 Å². The average molecular weight is 753 g/mol. The quantitative estimate of drug-likeness (QED) is 0.0549. The predicted molar refractivity (Wildman–Crippen MR) is 202 cm³/mol. The molecule has 0 radical (unpaired) electrons. The highest BCUT2D eigenvalue weighted by Crippen LogP contribution is 2.32. The number of benzene rings is 4. The summed E-state index contributed by atoms with van der Waals surface area (Å²) < 4.78 is 36.6. The maximum absolute atomic E-state index is 13.7. The lowest BCUT2D eigenvalue weighted by molar-refractivity contribution is -0.298. The molecule has 1 aliphatic heterocycles. The molecule has 11 heteroatoms. The van der Waals surface area contributed by atoms with E-state index in [-0.39, 0.29) is 29.9 Å². The summed E-state index contributed by atoms with van der Waals surface area (Å²) in [7, 11) is 0. The number of unbranched alkanes of at least 4 members (excludes halogenated alkanes) is 7. The van der Waals surface area contributed by atoms with Crippen molar-refractivity contribution < 1.29 is 52.7 Å². The minimum absolute atomic E-state index is 0.205. The van der Waals surface area contributed by atoms with Gasteiger partial charge in [0.25, 0.3) is 0 Å². The van der Waals surface area contributed by atoms with Crippen LogP contribution in [0.15, 0.2) is 121 Å². The molecule has 4 aromatic carbocycles. The number of carbonyl (C=O) groups is 4. The minimum atomic E-state index is -1.47. The van der Waals surface area contributed by atoms with Gasteiger partial charge in [-0.2, -0.15) is 0 Å². The Labute approximate surface area is 321 Å². The fourth-order valence-corrected chi connectivity index (χ4v) is 6.14. The second-order valence-corrected chi connectivity index (χ2v) is 13.1. The molecule has 0 bridgehead atoms. The number of hydrogen-bond acceptors (Lipinski definition) is 11. The van der Waals surface area contributed by atoms with E-state index in [2.05, 4.69) is 0 Å². The zero-order valence-corrected chi connectivity index (χ0v) is 30.7. The molecule has 290 valence electrons. The maximum Gasteiger partial charge on any atom is 0.338 e. The summed E-state index contributed by atoms with van der Waals surface area (Å²) in [5.74, 6) is -2.93. The molecule has 5 rings (SSSR count). The van der Waals surface area contributed by atoms with Gasteiger partial charge in [0, 0.05) is 13.2 Å². The number of hydrogen-bond donors (Lipinski definition) is 1. The Kier molecular flexibility index (Phi) is 16.4. The Morgan fingerprint density at radius 3 is 1.31 bits per heavy atom. The molecule has 0 spiro atoms. The van der Waals surface area contributed by atoms with Crippen LogP contribution in [0.2, 0.25) is 0 Å². The Balaban J connectivity index is 1.44. The van der Waals surface area contributed by atoms with Crippen LogP contribution in [0.5, 0.6) is 0 Å². The lowest BCUT2D eigenvalue weighted by atomic mass is 9.97. The summed E-state index contributed by atoms with van der Waals surface area (Å²) in [5.41, 5.74) is 0.931. The van der Waals surface area contributed by atoms with Gasteiger partial charge in [0.05, 0.1) is 22.3 Å². The minimum Gasteiger partial charge on any atom is -0.459 e. The third-order valence-corrected chi connectivity index (χ3v) is 9.07. The third kappa shape index (κ3) is 12.6. The zero-order valence-electron chi connectivity index (χ0n) is 30.7. The first-order chi connectivity index (χ1) is 26.9. The topological polar surface area (TPSA) is 144 Å². The highest BCUT2D eigenvalue weighted by molar-refractivity contribution is 5.91. The van der Waals surface area contributed by atoms with Gasteiger partial charge >= 0.3 is 23.9 Å². The molecule has 55 heavy (non-hydrogen) atoms. The molecule has 11 nitrogen and oxygen atoms in total. The number of aliphatic hydroxyl groups excluding tert-OH is 1. The average Bonchev–Trinajstić information content (AvgIpc) is 3.23. The number of esters is 4. The van der Waals surface area contributed by atoms with Crippen LogP contribution in [-0.2, 0) is 28.4 Å². The van der Waals surface area contributed by atoms with E-state index < -0.39 is 61.2 Å². The maximum atomic E-state index is 13.7. The van der Waals surface area contributed by atoms with Gasteiger partial charge in [-0.05, 0) is 61.4 Å². The van der Waals surface area contributed by atoms with Crippen LogP contribution in [0, 0.1) is 0 Å². The van der Waals surface area contributed by atoms with Crippen molar-refractivity contribution in [3.05, 3.63) is 144 Å². The van der Waals surface area contributed by atoms with Crippen molar-refractivity contribution >= 4 is 23.9 Å². The lowest BCUT2D eigenvalue weighted by Gasteiger charge is -2.44. The van der Waals surface area contributed by atoms with Crippen LogP contribution in [0.3, 0.4) is 0 Å². The van der Waals surface area contributed by atoms with Gasteiger partial charge < -0.3 is 33.5 Å². The number of carbonyl (C=O) groups excluding carboxylic acids is 4. The lowest BCUT2D eigenvalue weighted by Crippen LogP contribution is -2.63. The standard InChI is InChI=1S/C44H48O11/c45-29-19-5-3-1-2-4-6-20-30-50-44-39(55-43(49)35-27-17-10-18-28-35)38(54-42(48)34-25-15-9-16-26-34)37(53-41(47)33-23-13-8-14-24-33)36(52-44)31-51-40(46)32-21-11-7-12-22-32/h7-18,21-28,36-39,44-45H,1-6,19-20,29-31H2/t36-,37-,38+,39-,44-/m1/s1. The largest absolute Gasteiger partial charge is 0.459 e. The van der Waals surface area contributed by atoms with Gasteiger partial charge in [-0.1, -0.05) is 111 Å². The van der Waals surface area contributed by atoms with Crippen molar-refractivity contribution in [1.29, 1.82) is 0 Å². The van der Waals surface area contributed by atoms with Crippen LogP contribution in [0.4, 0.5) is 0 Å². The fraction of sp³-hybridized carbons (Fsp3) is 0.364. The van der Waals surface area contributed by atoms with E-state index in [0.717, 1.165) is 44.9 Å². The summed E-state index contributed by atoms with van der Waals surface area (Å²) in [6.45, 7) is -0.00464. The number of aliphatic hydroxyl groups is 1. The molecule has 0 aromatic heterocycles. The first kappa shape index (κ1) is 40.8. The SMILES string of the molecule is O=C(OC[C@H]1O[C@@H](OCCCCCCCCCCO)[C@H](OC(=O)c2ccccc2)[C@@H](OC(=O)c2ccccc2)[C@@H]1OC(=O)c1ccccc1)c1ccccc1. The van der Waals surface area contributed by atoms with Gasteiger partial charge in [0.15, 0.2) is 24.6 Å². The summed E-state index contributed by atoms with van der Waals surface area (Å²) >= 11 is 0. The van der Waals surface area contributed by atoms with E-state index in [0.29, 0.717) is 12.0 Å². The van der Waals surface area contributed by atoms with Gasteiger partial charge in [0.1, 0.15) is 12.7 Å². The predicted octanol–water partition coefficient (Wildman–Crippen LogP) is 7.37. The fourth-order valence-electron chi connectivity index (χ4n) is 6.14. The van der Waals surface area contributed by atoms with E-state index in [4.69, 9.17) is 33.5 Å². The van der Waals surface area contributed by atoms with Crippen molar-refractivity contribution in [3.63, 3.8) is 0 Å². The third-order valence-electron chi connectivity index (χ3n) is 9.07. The van der Waals surface area contributed by atoms with Crippen LogP contribution in [0.25, 0.3) is 0 Å². The molecular weight excluding hydrogens is 704 g/mol. The van der Waals surface area contributed by atoms with Crippen LogP contribution in [-0.4, -0.2) is 79.5 Å².